The second kappa shape index (κ2) is 14.9. The maximum atomic E-state index is 13.7. The van der Waals surface area contributed by atoms with Crippen LogP contribution in [0.1, 0.15) is 47.9 Å². The van der Waals surface area contributed by atoms with Crippen molar-refractivity contribution < 1.29 is 14.7 Å². The van der Waals surface area contributed by atoms with Crippen LogP contribution < -0.4 is 5.32 Å². The Morgan fingerprint density at radius 3 is 2.28 bits per heavy atom. The number of carbonyl (C=O) groups excluding carboxylic acids is 1. The number of rotatable bonds is 12. The average Bonchev–Trinajstić information content (AvgIpc) is 3.49. The molecule has 2 N–H and O–H groups in total. The summed E-state index contributed by atoms with van der Waals surface area (Å²) in [5.41, 5.74) is 5.02. The lowest BCUT2D eigenvalue weighted by molar-refractivity contribution is -0.138. The number of carbonyl (C=O) groups is 2. The van der Waals surface area contributed by atoms with Gasteiger partial charge < -0.3 is 10.4 Å². The zero-order chi connectivity index (χ0) is 30.0. The molecule has 4 aromatic rings. The molecule has 0 saturated carbocycles. The Labute approximate surface area is 261 Å². The maximum Gasteiger partial charge on any atom is 0.328 e. The van der Waals surface area contributed by atoms with Crippen molar-refractivity contribution in [2.24, 2.45) is 4.99 Å². The van der Waals surface area contributed by atoms with Crippen LogP contribution in [0, 0.1) is 0 Å². The van der Waals surface area contributed by atoms with E-state index < -0.39 is 12.0 Å². The van der Waals surface area contributed by atoms with Crippen LogP contribution in [-0.4, -0.2) is 46.2 Å². The van der Waals surface area contributed by atoms with E-state index in [4.69, 9.17) is 4.99 Å². The number of likely N-dealkylation sites (tertiary alicyclic amines) is 1. The summed E-state index contributed by atoms with van der Waals surface area (Å²) in [4.78, 5) is 33.2. The van der Waals surface area contributed by atoms with E-state index >= 15 is 0 Å². The minimum atomic E-state index is -0.965. The Hall–Kier alpha value is -4.07. The minimum Gasteiger partial charge on any atom is -0.480 e. The van der Waals surface area contributed by atoms with Gasteiger partial charge in [0.15, 0.2) is 0 Å². The molecule has 0 aromatic heterocycles. The van der Waals surface area contributed by atoms with Crippen LogP contribution in [0.2, 0.25) is 0 Å². The normalized spacial score (nSPS) is 16.1. The van der Waals surface area contributed by atoms with Gasteiger partial charge in [0.25, 0.3) is 0 Å². The molecule has 1 aliphatic rings. The van der Waals surface area contributed by atoms with E-state index in [9.17, 15) is 14.7 Å². The fourth-order valence-electron chi connectivity index (χ4n) is 5.59. The second-order valence-corrected chi connectivity index (χ2v) is 11.8. The third-order valence-corrected chi connectivity index (χ3v) is 8.34. The molecule has 2 atom stereocenters. The summed E-state index contributed by atoms with van der Waals surface area (Å²) in [5.74, 6) is -1.02. The number of hydrogen-bond acceptors (Lipinski definition) is 4. The number of amides is 1. The van der Waals surface area contributed by atoms with Crippen LogP contribution >= 0.6 is 15.9 Å². The highest BCUT2D eigenvalue weighted by molar-refractivity contribution is 9.10. The summed E-state index contributed by atoms with van der Waals surface area (Å²) in [7, 11) is 0. The summed E-state index contributed by atoms with van der Waals surface area (Å²) in [6, 6.07) is 34.3. The number of aliphatic carboxylic acids is 1. The summed E-state index contributed by atoms with van der Waals surface area (Å²) in [6.45, 7) is 1.59. The smallest absolute Gasteiger partial charge is 0.328 e. The minimum absolute atomic E-state index is 0.0578. The molecule has 6 nitrogen and oxygen atoms in total. The number of anilines is 1. The van der Waals surface area contributed by atoms with E-state index in [1.54, 1.807) is 0 Å². The lowest BCUT2D eigenvalue weighted by atomic mass is 9.99. The van der Waals surface area contributed by atoms with Crippen molar-refractivity contribution in [3.63, 3.8) is 0 Å². The summed E-state index contributed by atoms with van der Waals surface area (Å²) < 4.78 is 1.01. The monoisotopic (exact) mass is 637 g/mol. The number of benzene rings is 4. The molecule has 0 radical (unpaired) electrons. The Morgan fingerprint density at radius 1 is 0.884 bits per heavy atom. The van der Waals surface area contributed by atoms with E-state index in [0.717, 1.165) is 48.0 Å². The van der Waals surface area contributed by atoms with Crippen molar-refractivity contribution in [1.82, 2.24) is 4.90 Å². The molecule has 7 heteroatoms. The lowest BCUT2D eigenvalue weighted by Crippen LogP contribution is -2.39. The Balaban J connectivity index is 1.39. The van der Waals surface area contributed by atoms with Gasteiger partial charge in [-0.3, -0.25) is 14.7 Å². The fourth-order valence-corrected chi connectivity index (χ4v) is 5.85. The summed E-state index contributed by atoms with van der Waals surface area (Å²) >= 11 is 3.46. The highest BCUT2D eigenvalue weighted by atomic mass is 79.9. The highest BCUT2D eigenvalue weighted by Crippen LogP contribution is 2.26. The third-order valence-electron chi connectivity index (χ3n) is 7.81. The predicted molar refractivity (Wildman–Crippen MR) is 176 cm³/mol. The highest BCUT2D eigenvalue weighted by Gasteiger charge is 2.31. The van der Waals surface area contributed by atoms with Gasteiger partial charge >= 0.3 is 5.97 Å². The van der Waals surface area contributed by atoms with Crippen LogP contribution in [0.3, 0.4) is 0 Å². The van der Waals surface area contributed by atoms with Gasteiger partial charge in [-0.25, -0.2) is 4.79 Å². The van der Waals surface area contributed by atoms with Gasteiger partial charge in [-0.05, 0) is 68.0 Å². The first-order chi connectivity index (χ1) is 21.0. The number of nitrogens with one attached hydrogen (secondary N) is 1. The molecule has 1 fully saturated rings. The van der Waals surface area contributed by atoms with E-state index in [0.29, 0.717) is 29.8 Å². The standard InChI is InChI=1S/C36H36BrN3O3/c37-29-22-20-26(21-23-29)13-9-18-32(36(42)43)38-34(28-14-5-2-6-15-28)30-16-7-8-17-31(30)39-35(41)33-19-10-24-40(33)25-27-11-3-1-4-12-27/h1-8,11-12,14-17,20-23,32-33H,9-10,13,18-19,24-25H2,(H,39,41)(H,42,43)/t32-,33-/m0/s1. The first-order valence-electron chi connectivity index (χ1n) is 14.8. The Morgan fingerprint density at radius 2 is 1.56 bits per heavy atom. The van der Waals surface area contributed by atoms with E-state index in [1.807, 2.05) is 97.1 Å². The van der Waals surface area contributed by atoms with Crippen molar-refractivity contribution in [3.05, 3.63) is 136 Å². The van der Waals surface area contributed by atoms with Crippen molar-refractivity contribution in [2.45, 2.75) is 50.7 Å². The van der Waals surface area contributed by atoms with E-state index in [1.165, 1.54) is 5.56 Å². The van der Waals surface area contributed by atoms with Crippen molar-refractivity contribution in [2.75, 3.05) is 11.9 Å². The molecule has 0 aliphatic carbocycles. The molecule has 0 bridgehead atoms. The molecular weight excluding hydrogens is 602 g/mol. The average molecular weight is 639 g/mol. The molecule has 0 spiro atoms. The number of aryl methyl sites for hydroxylation is 1. The van der Waals surface area contributed by atoms with Gasteiger partial charge in [0.2, 0.25) is 5.91 Å². The van der Waals surface area contributed by atoms with E-state index in [-0.39, 0.29) is 11.9 Å². The Kier molecular flexibility index (Phi) is 10.5. The molecule has 1 aliphatic heterocycles. The number of nitrogens with zero attached hydrogens (tertiary/aromatic N) is 2. The first kappa shape index (κ1) is 30.4. The number of carboxylic acids is 1. The molecule has 1 saturated heterocycles. The molecule has 1 amide bonds. The number of aliphatic imine (C=N–C) groups is 1. The largest absolute Gasteiger partial charge is 0.480 e. The molecule has 1 heterocycles. The molecule has 5 rings (SSSR count). The van der Waals surface area contributed by atoms with Gasteiger partial charge in [0.1, 0.15) is 6.04 Å². The van der Waals surface area contributed by atoms with Crippen LogP contribution in [0.5, 0.6) is 0 Å². The molecule has 43 heavy (non-hydrogen) atoms. The van der Waals surface area contributed by atoms with Gasteiger partial charge in [-0.2, -0.15) is 0 Å². The molecular formula is C36H36BrN3O3. The SMILES string of the molecule is O=C(O)[C@H](CCCc1ccc(Br)cc1)N=C(c1ccccc1)c1ccccc1NC(=O)[C@@H]1CCCN1Cc1ccccc1. The quantitative estimate of drug-likeness (QED) is 0.159. The van der Waals surface area contributed by atoms with Crippen LogP contribution in [0.25, 0.3) is 0 Å². The number of para-hydroxylation sites is 1. The van der Waals surface area contributed by atoms with Crippen LogP contribution in [0.4, 0.5) is 5.69 Å². The van der Waals surface area contributed by atoms with Crippen molar-refractivity contribution in [3.8, 4) is 0 Å². The topological polar surface area (TPSA) is 82.0 Å². The zero-order valence-corrected chi connectivity index (χ0v) is 25.6. The predicted octanol–water partition coefficient (Wildman–Crippen LogP) is 7.37. The maximum absolute atomic E-state index is 13.7. The van der Waals surface area contributed by atoms with Crippen LogP contribution in [0.15, 0.2) is 119 Å². The van der Waals surface area contributed by atoms with Crippen molar-refractivity contribution >= 4 is 39.2 Å². The number of halogens is 1. The summed E-state index contributed by atoms with van der Waals surface area (Å²) in [5, 5.41) is 13.3. The second-order valence-electron chi connectivity index (χ2n) is 10.9. The van der Waals surface area contributed by atoms with Crippen molar-refractivity contribution in [1.29, 1.82) is 0 Å². The third kappa shape index (κ3) is 8.27. The van der Waals surface area contributed by atoms with Gasteiger partial charge in [-0.15, -0.1) is 0 Å². The fraction of sp³-hybridized carbons (Fsp3) is 0.250. The number of carboxylic acid groups (broad SMARTS) is 1. The molecule has 220 valence electrons. The lowest BCUT2D eigenvalue weighted by Gasteiger charge is -2.24. The summed E-state index contributed by atoms with van der Waals surface area (Å²) in [6.07, 6.45) is 3.60. The Bertz CT molecular complexity index is 1540. The van der Waals surface area contributed by atoms with Crippen LogP contribution in [-0.2, 0) is 22.6 Å². The molecule has 4 aromatic carbocycles. The first-order valence-corrected chi connectivity index (χ1v) is 15.6. The van der Waals surface area contributed by atoms with Gasteiger partial charge in [0, 0.05) is 22.1 Å². The van der Waals surface area contributed by atoms with Gasteiger partial charge in [-0.1, -0.05) is 107 Å². The zero-order valence-electron chi connectivity index (χ0n) is 24.0. The van der Waals surface area contributed by atoms with E-state index in [2.05, 4.69) is 38.3 Å². The van der Waals surface area contributed by atoms with Gasteiger partial charge in [0.05, 0.1) is 17.4 Å². The molecule has 0 unspecified atom stereocenters. The number of hydrogen-bond donors (Lipinski definition) is 2.